The van der Waals surface area contributed by atoms with Gasteiger partial charge in [-0.15, -0.1) is 0 Å². The van der Waals surface area contributed by atoms with E-state index in [0.717, 1.165) is 30.2 Å². The van der Waals surface area contributed by atoms with Crippen molar-refractivity contribution in [3.63, 3.8) is 0 Å². The van der Waals surface area contributed by atoms with E-state index in [0.29, 0.717) is 0 Å². The Morgan fingerprint density at radius 2 is 2.23 bits per heavy atom. The van der Waals surface area contributed by atoms with E-state index in [2.05, 4.69) is 12.2 Å². The summed E-state index contributed by atoms with van der Waals surface area (Å²) in [6.07, 6.45) is 1.01. The standard InChI is InChI=1S/C10H16N2O/c1-3-6-13-8-4-5-10(12-2)9(11)7-8/h4-5,7,12H,3,6,11H2,1-2H3. The molecular weight excluding hydrogens is 164 g/mol. The van der Waals surface area contributed by atoms with Gasteiger partial charge < -0.3 is 15.8 Å². The van der Waals surface area contributed by atoms with Crippen molar-refractivity contribution in [1.29, 1.82) is 0 Å². The molecule has 3 N–H and O–H groups in total. The Bertz CT molecular complexity index is 274. The van der Waals surface area contributed by atoms with E-state index in [9.17, 15) is 0 Å². The minimum Gasteiger partial charge on any atom is -0.494 e. The van der Waals surface area contributed by atoms with E-state index < -0.39 is 0 Å². The SMILES string of the molecule is CCCOc1ccc(NC)c(N)c1. The van der Waals surface area contributed by atoms with E-state index in [1.807, 2.05) is 25.2 Å². The van der Waals surface area contributed by atoms with Gasteiger partial charge >= 0.3 is 0 Å². The molecule has 0 aromatic heterocycles. The van der Waals surface area contributed by atoms with Crippen LogP contribution in [-0.4, -0.2) is 13.7 Å². The number of nitrogen functional groups attached to an aromatic ring is 1. The smallest absolute Gasteiger partial charge is 0.121 e. The molecule has 0 atom stereocenters. The normalized spacial score (nSPS) is 9.69. The van der Waals surface area contributed by atoms with Gasteiger partial charge in [-0.3, -0.25) is 0 Å². The summed E-state index contributed by atoms with van der Waals surface area (Å²) >= 11 is 0. The first-order chi connectivity index (χ1) is 6.27. The lowest BCUT2D eigenvalue weighted by molar-refractivity contribution is 0.317. The van der Waals surface area contributed by atoms with Crippen LogP contribution >= 0.6 is 0 Å². The molecule has 0 aliphatic heterocycles. The summed E-state index contributed by atoms with van der Waals surface area (Å²) in [5.41, 5.74) is 7.41. The predicted octanol–water partition coefficient (Wildman–Crippen LogP) is 2.10. The Balaban J connectivity index is 2.71. The molecule has 0 spiro atoms. The highest BCUT2D eigenvalue weighted by Crippen LogP contribution is 2.23. The molecule has 13 heavy (non-hydrogen) atoms. The fourth-order valence-electron chi connectivity index (χ4n) is 1.08. The molecule has 1 rings (SSSR count). The van der Waals surface area contributed by atoms with Crippen molar-refractivity contribution >= 4 is 11.4 Å². The van der Waals surface area contributed by atoms with Gasteiger partial charge in [0.2, 0.25) is 0 Å². The molecular formula is C10H16N2O. The Labute approximate surface area is 78.9 Å². The van der Waals surface area contributed by atoms with E-state index in [1.165, 1.54) is 0 Å². The summed E-state index contributed by atoms with van der Waals surface area (Å²) in [5, 5.41) is 3.00. The van der Waals surface area contributed by atoms with Gasteiger partial charge in [-0.05, 0) is 18.6 Å². The van der Waals surface area contributed by atoms with Crippen LogP contribution in [0.25, 0.3) is 0 Å². The van der Waals surface area contributed by atoms with Crippen LogP contribution in [0, 0.1) is 0 Å². The predicted molar refractivity (Wildman–Crippen MR) is 56.2 cm³/mol. The zero-order valence-electron chi connectivity index (χ0n) is 8.13. The van der Waals surface area contributed by atoms with Crippen molar-refractivity contribution in [1.82, 2.24) is 0 Å². The average Bonchev–Trinajstić information content (AvgIpc) is 2.15. The number of nitrogens with two attached hydrogens (primary N) is 1. The van der Waals surface area contributed by atoms with Gasteiger partial charge in [0, 0.05) is 13.1 Å². The molecule has 0 aliphatic carbocycles. The molecule has 0 radical (unpaired) electrons. The molecule has 0 aliphatic rings. The molecule has 0 saturated carbocycles. The number of nitrogens with one attached hydrogen (secondary N) is 1. The largest absolute Gasteiger partial charge is 0.494 e. The quantitative estimate of drug-likeness (QED) is 0.697. The van der Waals surface area contributed by atoms with Crippen molar-refractivity contribution in [2.24, 2.45) is 0 Å². The van der Waals surface area contributed by atoms with Crippen LogP contribution in [0.4, 0.5) is 11.4 Å². The van der Waals surface area contributed by atoms with E-state index in [-0.39, 0.29) is 0 Å². The second-order valence-electron chi connectivity index (χ2n) is 2.85. The molecule has 0 bridgehead atoms. The third-order valence-corrected chi connectivity index (χ3v) is 1.77. The molecule has 0 fully saturated rings. The zero-order chi connectivity index (χ0) is 9.68. The molecule has 0 unspecified atom stereocenters. The first-order valence-corrected chi connectivity index (χ1v) is 4.48. The molecule has 3 nitrogen and oxygen atoms in total. The molecule has 0 saturated heterocycles. The van der Waals surface area contributed by atoms with Crippen LogP contribution in [0.1, 0.15) is 13.3 Å². The maximum Gasteiger partial charge on any atom is 0.121 e. The monoisotopic (exact) mass is 180 g/mol. The van der Waals surface area contributed by atoms with E-state index >= 15 is 0 Å². The van der Waals surface area contributed by atoms with Gasteiger partial charge in [0.25, 0.3) is 0 Å². The summed E-state index contributed by atoms with van der Waals surface area (Å²) in [5.74, 6) is 0.832. The van der Waals surface area contributed by atoms with Crippen LogP contribution < -0.4 is 15.8 Å². The molecule has 0 amide bonds. The second-order valence-corrected chi connectivity index (χ2v) is 2.85. The number of anilines is 2. The number of ether oxygens (including phenoxy) is 1. The van der Waals surface area contributed by atoms with Gasteiger partial charge in [-0.2, -0.15) is 0 Å². The zero-order valence-corrected chi connectivity index (χ0v) is 8.13. The third kappa shape index (κ3) is 2.54. The molecule has 72 valence electrons. The number of benzene rings is 1. The molecule has 1 aromatic carbocycles. The lowest BCUT2D eigenvalue weighted by Gasteiger charge is -2.08. The van der Waals surface area contributed by atoms with Crippen LogP contribution in [0.5, 0.6) is 5.75 Å². The Hall–Kier alpha value is -1.38. The van der Waals surface area contributed by atoms with Gasteiger partial charge in [0.05, 0.1) is 18.0 Å². The Morgan fingerprint density at radius 3 is 2.77 bits per heavy atom. The fraction of sp³-hybridized carbons (Fsp3) is 0.400. The number of hydrogen-bond donors (Lipinski definition) is 2. The third-order valence-electron chi connectivity index (χ3n) is 1.77. The van der Waals surface area contributed by atoms with Crippen molar-refractivity contribution in [2.75, 3.05) is 24.7 Å². The highest BCUT2D eigenvalue weighted by Gasteiger charge is 1.98. The van der Waals surface area contributed by atoms with Crippen LogP contribution in [0.2, 0.25) is 0 Å². The summed E-state index contributed by atoms with van der Waals surface area (Å²) in [6.45, 7) is 2.81. The van der Waals surface area contributed by atoms with Gasteiger partial charge in [0.15, 0.2) is 0 Å². The summed E-state index contributed by atoms with van der Waals surface area (Å²) in [7, 11) is 1.85. The Morgan fingerprint density at radius 1 is 1.46 bits per heavy atom. The average molecular weight is 180 g/mol. The fourth-order valence-corrected chi connectivity index (χ4v) is 1.08. The van der Waals surface area contributed by atoms with E-state index in [1.54, 1.807) is 0 Å². The number of hydrogen-bond acceptors (Lipinski definition) is 3. The van der Waals surface area contributed by atoms with Crippen LogP contribution in [0.3, 0.4) is 0 Å². The lowest BCUT2D eigenvalue weighted by Crippen LogP contribution is -1.98. The first-order valence-electron chi connectivity index (χ1n) is 4.48. The highest BCUT2D eigenvalue weighted by atomic mass is 16.5. The van der Waals surface area contributed by atoms with Crippen molar-refractivity contribution < 1.29 is 4.74 Å². The van der Waals surface area contributed by atoms with Crippen molar-refractivity contribution in [3.8, 4) is 5.75 Å². The molecule has 1 aromatic rings. The Kier molecular flexibility index (Phi) is 3.43. The maximum absolute atomic E-state index is 5.76. The van der Waals surface area contributed by atoms with Gasteiger partial charge in [-0.25, -0.2) is 0 Å². The summed E-state index contributed by atoms with van der Waals surface area (Å²) in [4.78, 5) is 0. The highest BCUT2D eigenvalue weighted by molar-refractivity contribution is 5.67. The minimum absolute atomic E-state index is 0.719. The minimum atomic E-state index is 0.719. The van der Waals surface area contributed by atoms with Crippen molar-refractivity contribution in [3.05, 3.63) is 18.2 Å². The van der Waals surface area contributed by atoms with E-state index in [4.69, 9.17) is 10.5 Å². The van der Waals surface area contributed by atoms with Gasteiger partial charge in [-0.1, -0.05) is 6.92 Å². The lowest BCUT2D eigenvalue weighted by atomic mass is 10.2. The summed E-state index contributed by atoms with van der Waals surface area (Å²) < 4.78 is 5.43. The second kappa shape index (κ2) is 4.60. The van der Waals surface area contributed by atoms with Crippen LogP contribution in [0.15, 0.2) is 18.2 Å². The topological polar surface area (TPSA) is 47.3 Å². The number of rotatable bonds is 4. The maximum atomic E-state index is 5.76. The molecule has 0 heterocycles. The van der Waals surface area contributed by atoms with Crippen LogP contribution in [-0.2, 0) is 0 Å². The van der Waals surface area contributed by atoms with Gasteiger partial charge in [0.1, 0.15) is 5.75 Å². The first kappa shape index (κ1) is 9.71. The molecule has 3 heteroatoms. The van der Waals surface area contributed by atoms with Crippen molar-refractivity contribution in [2.45, 2.75) is 13.3 Å². The summed E-state index contributed by atoms with van der Waals surface area (Å²) in [6, 6.07) is 5.67.